The average Bonchev–Trinajstić information content (AvgIpc) is 2.70. The summed E-state index contributed by atoms with van der Waals surface area (Å²) in [7, 11) is 5.00. The molecule has 0 heterocycles. The number of ether oxygens (including phenoxy) is 3. The summed E-state index contributed by atoms with van der Waals surface area (Å²) in [5.41, 5.74) is 10.9. The van der Waals surface area contributed by atoms with Crippen molar-refractivity contribution in [3.8, 4) is 28.4 Å². The van der Waals surface area contributed by atoms with Crippen LogP contribution in [0.25, 0.3) is 11.1 Å². The molecule has 0 bridgehead atoms. The number of rotatable bonds is 3. The molecule has 2 N–H and O–H groups in total. The second-order valence-electron chi connectivity index (χ2n) is 5.43. The van der Waals surface area contributed by atoms with Gasteiger partial charge in [-0.1, -0.05) is 12.1 Å². The van der Waals surface area contributed by atoms with Crippen molar-refractivity contribution in [2.45, 2.75) is 18.9 Å². The Morgan fingerprint density at radius 1 is 1.00 bits per heavy atom. The maximum absolute atomic E-state index is 6.38. The van der Waals surface area contributed by atoms with Gasteiger partial charge in [0.05, 0.1) is 21.3 Å². The van der Waals surface area contributed by atoms with E-state index < -0.39 is 0 Å². The number of benzene rings is 2. The summed E-state index contributed by atoms with van der Waals surface area (Å²) in [6, 6.07) is 10.1. The molecule has 0 spiro atoms. The highest BCUT2D eigenvalue weighted by molar-refractivity contribution is 5.81. The van der Waals surface area contributed by atoms with Crippen molar-refractivity contribution in [3.05, 3.63) is 41.5 Å². The van der Waals surface area contributed by atoms with E-state index in [0.29, 0.717) is 0 Å². The van der Waals surface area contributed by atoms with Crippen molar-refractivity contribution in [2.75, 3.05) is 21.3 Å². The van der Waals surface area contributed by atoms with Crippen molar-refractivity contribution >= 4 is 0 Å². The smallest absolute Gasteiger partial charge is 0.168 e. The van der Waals surface area contributed by atoms with E-state index in [-0.39, 0.29) is 6.04 Å². The summed E-state index contributed by atoms with van der Waals surface area (Å²) in [6.07, 6.45) is 1.80. The second kappa shape index (κ2) is 5.89. The molecule has 1 aliphatic carbocycles. The van der Waals surface area contributed by atoms with E-state index in [1.165, 1.54) is 5.56 Å². The molecule has 4 heteroatoms. The molecule has 1 unspecified atom stereocenters. The fourth-order valence-electron chi connectivity index (χ4n) is 3.14. The second-order valence-corrected chi connectivity index (χ2v) is 5.43. The predicted molar refractivity (Wildman–Crippen MR) is 86.8 cm³/mol. The molecule has 0 aromatic heterocycles. The van der Waals surface area contributed by atoms with E-state index in [4.69, 9.17) is 19.9 Å². The highest BCUT2D eigenvalue weighted by Gasteiger charge is 2.25. The lowest BCUT2D eigenvalue weighted by atomic mass is 9.94. The number of nitrogens with two attached hydrogens (primary N) is 1. The first kappa shape index (κ1) is 14.7. The molecule has 116 valence electrons. The van der Waals surface area contributed by atoms with Crippen LogP contribution in [0.3, 0.4) is 0 Å². The van der Waals surface area contributed by atoms with E-state index in [1.807, 2.05) is 18.2 Å². The molecule has 0 fully saturated rings. The summed E-state index contributed by atoms with van der Waals surface area (Å²) in [6.45, 7) is 0. The fraction of sp³-hybridized carbons (Fsp3) is 0.333. The molecule has 4 nitrogen and oxygen atoms in total. The number of methoxy groups -OCH3 is 3. The normalized spacial score (nSPS) is 16.3. The lowest BCUT2D eigenvalue weighted by Crippen LogP contribution is -2.11. The van der Waals surface area contributed by atoms with Gasteiger partial charge in [-0.05, 0) is 47.7 Å². The Kier molecular flexibility index (Phi) is 3.94. The summed E-state index contributed by atoms with van der Waals surface area (Å²) in [5, 5.41) is 0. The van der Waals surface area contributed by atoms with Gasteiger partial charge in [0.1, 0.15) is 5.75 Å². The first-order valence-electron chi connectivity index (χ1n) is 7.37. The molecule has 1 atom stereocenters. The van der Waals surface area contributed by atoms with Crippen LogP contribution in [0.4, 0.5) is 0 Å². The summed E-state index contributed by atoms with van der Waals surface area (Å²) in [5.74, 6) is 2.32. The first-order valence-corrected chi connectivity index (χ1v) is 7.37. The third-order valence-corrected chi connectivity index (χ3v) is 4.28. The molecular formula is C18H21NO3. The molecule has 0 radical (unpaired) electrons. The van der Waals surface area contributed by atoms with E-state index in [9.17, 15) is 0 Å². The zero-order valence-corrected chi connectivity index (χ0v) is 13.2. The molecule has 3 rings (SSSR count). The van der Waals surface area contributed by atoms with E-state index >= 15 is 0 Å². The Morgan fingerprint density at radius 3 is 2.50 bits per heavy atom. The van der Waals surface area contributed by atoms with Crippen LogP contribution >= 0.6 is 0 Å². The Hall–Kier alpha value is -2.20. The Labute approximate surface area is 130 Å². The number of hydrogen-bond acceptors (Lipinski definition) is 4. The van der Waals surface area contributed by atoms with Crippen molar-refractivity contribution < 1.29 is 14.2 Å². The monoisotopic (exact) mass is 299 g/mol. The number of aryl methyl sites for hydroxylation is 1. The van der Waals surface area contributed by atoms with Crippen LogP contribution in [0.15, 0.2) is 30.3 Å². The lowest BCUT2D eigenvalue weighted by molar-refractivity contribution is 0.355. The standard InChI is InChI=1S/C18H21NO3/c1-20-12-5-6-13-11(10-12)4-8-15(19)14-7-9-16(21-2)18(22-3)17(13)14/h5-7,9-10,15H,4,8,19H2,1-3H3. The van der Waals surface area contributed by atoms with Crippen molar-refractivity contribution in [1.29, 1.82) is 0 Å². The van der Waals surface area contributed by atoms with Gasteiger partial charge in [0.2, 0.25) is 0 Å². The van der Waals surface area contributed by atoms with Crippen LogP contribution in [0.5, 0.6) is 17.2 Å². The third kappa shape index (κ3) is 2.29. The molecule has 2 aromatic rings. The highest BCUT2D eigenvalue weighted by atomic mass is 16.5. The maximum Gasteiger partial charge on any atom is 0.168 e. The quantitative estimate of drug-likeness (QED) is 0.944. The van der Waals surface area contributed by atoms with Crippen LogP contribution in [0.2, 0.25) is 0 Å². The van der Waals surface area contributed by atoms with Gasteiger partial charge in [0.15, 0.2) is 11.5 Å². The van der Waals surface area contributed by atoms with Gasteiger partial charge in [-0.2, -0.15) is 0 Å². The molecule has 22 heavy (non-hydrogen) atoms. The van der Waals surface area contributed by atoms with Crippen LogP contribution < -0.4 is 19.9 Å². The van der Waals surface area contributed by atoms with Gasteiger partial charge < -0.3 is 19.9 Å². The molecular weight excluding hydrogens is 278 g/mol. The number of fused-ring (bicyclic) bond motifs is 3. The van der Waals surface area contributed by atoms with Gasteiger partial charge in [-0.15, -0.1) is 0 Å². The van der Waals surface area contributed by atoms with Crippen LogP contribution in [0.1, 0.15) is 23.6 Å². The van der Waals surface area contributed by atoms with Gasteiger partial charge >= 0.3 is 0 Å². The van der Waals surface area contributed by atoms with E-state index in [2.05, 4.69) is 12.1 Å². The van der Waals surface area contributed by atoms with Gasteiger partial charge in [0.25, 0.3) is 0 Å². The molecule has 0 saturated heterocycles. The molecule has 0 saturated carbocycles. The zero-order valence-electron chi connectivity index (χ0n) is 13.2. The Morgan fingerprint density at radius 2 is 1.82 bits per heavy atom. The van der Waals surface area contributed by atoms with Crippen molar-refractivity contribution in [3.63, 3.8) is 0 Å². The first-order chi connectivity index (χ1) is 10.7. The van der Waals surface area contributed by atoms with Gasteiger partial charge in [-0.25, -0.2) is 0 Å². The fourth-order valence-corrected chi connectivity index (χ4v) is 3.14. The van der Waals surface area contributed by atoms with Crippen LogP contribution in [0, 0.1) is 0 Å². The Balaban J connectivity index is 2.30. The molecule has 2 aromatic carbocycles. The maximum atomic E-state index is 6.38. The molecule has 1 aliphatic rings. The third-order valence-electron chi connectivity index (χ3n) is 4.28. The van der Waals surface area contributed by atoms with Crippen molar-refractivity contribution in [1.82, 2.24) is 0 Å². The largest absolute Gasteiger partial charge is 0.497 e. The minimum Gasteiger partial charge on any atom is -0.497 e. The van der Waals surface area contributed by atoms with E-state index in [0.717, 1.165) is 46.8 Å². The zero-order chi connectivity index (χ0) is 15.7. The van der Waals surface area contributed by atoms with Crippen LogP contribution in [-0.2, 0) is 6.42 Å². The van der Waals surface area contributed by atoms with Crippen molar-refractivity contribution in [2.24, 2.45) is 5.73 Å². The summed E-state index contributed by atoms with van der Waals surface area (Å²) >= 11 is 0. The summed E-state index contributed by atoms with van der Waals surface area (Å²) in [4.78, 5) is 0. The number of hydrogen-bond donors (Lipinski definition) is 1. The average molecular weight is 299 g/mol. The molecule has 0 amide bonds. The van der Waals surface area contributed by atoms with Gasteiger partial charge in [0, 0.05) is 11.6 Å². The van der Waals surface area contributed by atoms with E-state index in [1.54, 1.807) is 21.3 Å². The minimum atomic E-state index is -0.0202. The SMILES string of the molecule is COc1ccc2c(c1)CCC(N)c1ccc(OC)c(OC)c1-2. The summed E-state index contributed by atoms with van der Waals surface area (Å²) < 4.78 is 16.4. The topological polar surface area (TPSA) is 53.7 Å². The highest BCUT2D eigenvalue weighted by Crippen LogP contribution is 2.46. The Bertz CT molecular complexity index is 697. The van der Waals surface area contributed by atoms with Gasteiger partial charge in [-0.3, -0.25) is 0 Å². The lowest BCUT2D eigenvalue weighted by Gasteiger charge is -2.19. The predicted octanol–water partition coefficient (Wildman–Crippen LogP) is 3.33. The van der Waals surface area contributed by atoms with Crippen LogP contribution in [-0.4, -0.2) is 21.3 Å². The molecule has 0 aliphatic heterocycles. The minimum absolute atomic E-state index is 0.0202.